The highest BCUT2D eigenvalue weighted by Gasteiger charge is 2.05. The van der Waals surface area contributed by atoms with E-state index in [0.29, 0.717) is 24.4 Å². The molecule has 0 aliphatic carbocycles. The lowest BCUT2D eigenvalue weighted by molar-refractivity contribution is 0.316. The quantitative estimate of drug-likeness (QED) is 0.796. The standard InChI is InChI=1S/C10H13ClFN/c11-9-3-1-8(2-4-9)7-10(12)5-6-13/h1-4,10H,5-7,13H2. The second-order valence-electron chi connectivity index (χ2n) is 3.01. The molecule has 0 saturated carbocycles. The van der Waals surface area contributed by atoms with Gasteiger partial charge in [0, 0.05) is 11.4 Å². The summed E-state index contributed by atoms with van der Waals surface area (Å²) in [6.45, 7) is 0.398. The van der Waals surface area contributed by atoms with Gasteiger partial charge in [0.05, 0.1) is 0 Å². The van der Waals surface area contributed by atoms with Gasteiger partial charge in [0.15, 0.2) is 0 Å². The number of rotatable bonds is 4. The van der Waals surface area contributed by atoms with Crippen molar-refractivity contribution in [3.8, 4) is 0 Å². The average Bonchev–Trinajstić information content (AvgIpc) is 2.09. The lowest BCUT2D eigenvalue weighted by atomic mass is 10.1. The minimum absolute atomic E-state index is 0.398. The summed E-state index contributed by atoms with van der Waals surface area (Å²) in [5, 5.41) is 0.679. The Kier molecular flexibility index (Phi) is 4.19. The van der Waals surface area contributed by atoms with Gasteiger partial charge in [0.1, 0.15) is 6.17 Å². The number of hydrogen-bond donors (Lipinski definition) is 1. The van der Waals surface area contributed by atoms with Crippen LogP contribution in [0.2, 0.25) is 5.02 Å². The molecule has 0 radical (unpaired) electrons. The molecule has 72 valence electrons. The molecule has 1 atom stereocenters. The van der Waals surface area contributed by atoms with Gasteiger partial charge in [-0.2, -0.15) is 0 Å². The van der Waals surface area contributed by atoms with E-state index in [-0.39, 0.29) is 0 Å². The van der Waals surface area contributed by atoms with Crippen molar-refractivity contribution in [1.82, 2.24) is 0 Å². The molecule has 2 N–H and O–H groups in total. The first-order valence-corrected chi connectivity index (χ1v) is 4.68. The zero-order valence-electron chi connectivity index (χ0n) is 7.34. The highest BCUT2D eigenvalue weighted by molar-refractivity contribution is 6.30. The molecule has 0 saturated heterocycles. The molecule has 13 heavy (non-hydrogen) atoms. The van der Waals surface area contributed by atoms with Crippen LogP contribution in [0.4, 0.5) is 4.39 Å². The Balaban J connectivity index is 2.49. The van der Waals surface area contributed by atoms with E-state index >= 15 is 0 Å². The topological polar surface area (TPSA) is 26.0 Å². The monoisotopic (exact) mass is 201 g/mol. The molecule has 1 aromatic rings. The Hall–Kier alpha value is -0.600. The van der Waals surface area contributed by atoms with Crippen LogP contribution in [0.15, 0.2) is 24.3 Å². The normalized spacial score (nSPS) is 12.8. The van der Waals surface area contributed by atoms with Gasteiger partial charge in [-0.05, 0) is 30.7 Å². The summed E-state index contributed by atoms with van der Waals surface area (Å²) in [6.07, 6.45) is 0.00274. The lowest BCUT2D eigenvalue weighted by Gasteiger charge is -2.06. The summed E-state index contributed by atoms with van der Waals surface area (Å²) < 4.78 is 13.1. The molecule has 3 heteroatoms. The highest BCUT2D eigenvalue weighted by atomic mass is 35.5. The van der Waals surface area contributed by atoms with Crippen LogP contribution < -0.4 is 5.73 Å². The summed E-state index contributed by atoms with van der Waals surface area (Å²) in [5.41, 5.74) is 6.21. The van der Waals surface area contributed by atoms with Crippen molar-refractivity contribution in [2.45, 2.75) is 19.0 Å². The largest absolute Gasteiger partial charge is 0.330 e. The third-order valence-electron chi connectivity index (χ3n) is 1.85. The molecule has 0 aliphatic rings. The number of halogens is 2. The summed E-state index contributed by atoms with van der Waals surface area (Å²) in [6, 6.07) is 7.22. The van der Waals surface area contributed by atoms with Gasteiger partial charge in [0.2, 0.25) is 0 Å². The van der Waals surface area contributed by atoms with E-state index < -0.39 is 6.17 Å². The number of alkyl halides is 1. The van der Waals surface area contributed by atoms with Crippen LogP contribution in [0.25, 0.3) is 0 Å². The fourth-order valence-corrected chi connectivity index (χ4v) is 1.29. The maximum absolute atomic E-state index is 13.1. The first-order valence-electron chi connectivity index (χ1n) is 4.31. The van der Waals surface area contributed by atoms with E-state index in [1.807, 2.05) is 12.1 Å². The predicted octanol–water partition coefficient (Wildman–Crippen LogP) is 2.57. The van der Waals surface area contributed by atoms with Crippen molar-refractivity contribution < 1.29 is 4.39 Å². The molecule has 0 heterocycles. The van der Waals surface area contributed by atoms with E-state index in [1.165, 1.54) is 0 Å². The fraction of sp³-hybridized carbons (Fsp3) is 0.400. The van der Waals surface area contributed by atoms with E-state index in [1.54, 1.807) is 12.1 Å². The third-order valence-corrected chi connectivity index (χ3v) is 2.10. The van der Waals surface area contributed by atoms with E-state index in [2.05, 4.69) is 0 Å². The Morgan fingerprint density at radius 2 is 1.92 bits per heavy atom. The van der Waals surface area contributed by atoms with Crippen molar-refractivity contribution in [3.63, 3.8) is 0 Å². The second kappa shape index (κ2) is 5.20. The van der Waals surface area contributed by atoms with Crippen LogP contribution in [0.3, 0.4) is 0 Å². The van der Waals surface area contributed by atoms with Crippen LogP contribution in [-0.4, -0.2) is 12.7 Å². The zero-order valence-corrected chi connectivity index (χ0v) is 8.10. The summed E-state index contributed by atoms with van der Waals surface area (Å²) in [7, 11) is 0. The molecular weight excluding hydrogens is 189 g/mol. The molecule has 0 fully saturated rings. The van der Waals surface area contributed by atoms with Crippen LogP contribution >= 0.6 is 11.6 Å². The smallest absolute Gasteiger partial charge is 0.105 e. The Morgan fingerprint density at radius 3 is 2.46 bits per heavy atom. The van der Waals surface area contributed by atoms with E-state index in [9.17, 15) is 4.39 Å². The van der Waals surface area contributed by atoms with Gasteiger partial charge >= 0.3 is 0 Å². The number of hydrogen-bond acceptors (Lipinski definition) is 1. The minimum atomic E-state index is -0.842. The van der Waals surface area contributed by atoms with Gasteiger partial charge in [-0.3, -0.25) is 0 Å². The van der Waals surface area contributed by atoms with Crippen LogP contribution in [-0.2, 0) is 6.42 Å². The Labute approximate surface area is 82.7 Å². The lowest BCUT2D eigenvalue weighted by Crippen LogP contribution is -2.11. The zero-order chi connectivity index (χ0) is 9.68. The minimum Gasteiger partial charge on any atom is -0.330 e. The molecule has 1 nitrogen and oxygen atoms in total. The molecule has 1 rings (SSSR count). The first kappa shape index (κ1) is 10.5. The summed E-state index contributed by atoms with van der Waals surface area (Å²) in [5.74, 6) is 0. The number of nitrogens with two attached hydrogens (primary N) is 1. The fourth-order valence-electron chi connectivity index (χ4n) is 1.16. The third kappa shape index (κ3) is 3.75. The van der Waals surface area contributed by atoms with Crippen molar-refractivity contribution in [2.24, 2.45) is 5.73 Å². The van der Waals surface area contributed by atoms with Crippen molar-refractivity contribution in [2.75, 3.05) is 6.54 Å². The van der Waals surface area contributed by atoms with Crippen LogP contribution in [0.1, 0.15) is 12.0 Å². The molecule has 0 aromatic heterocycles. The van der Waals surface area contributed by atoms with Crippen LogP contribution in [0, 0.1) is 0 Å². The van der Waals surface area contributed by atoms with Gasteiger partial charge < -0.3 is 5.73 Å². The summed E-state index contributed by atoms with van der Waals surface area (Å²) >= 11 is 5.70. The maximum Gasteiger partial charge on any atom is 0.105 e. The molecule has 0 spiro atoms. The molecule has 0 amide bonds. The summed E-state index contributed by atoms with van der Waals surface area (Å²) in [4.78, 5) is 0. The van der Waals surface area contributed by atoms with Crippen molar-refractivity contribution >= 4 is 11.6 Å². The van der Waals surface area contributed by atoms with Gasteiger partial charge in [-0.15, -0.1) is 0 Å². The van der Waals surface area contributed by atoms with Crippen molar-refractivity contribution in [1.29, 1.82) is 0 Å². The van der Waals surface area contributed by atoms with E-state index in [0.717, 1.165) is 5.56 Å². The second-order valence-corrected chi connectivity index (χ2v) is 3.44. The molecular formula is C10H13ClFN. The van der Waals surface area contributed by atoms with Crippen LogP contribution in [0.5, 0.6) is 0 Å². The first-order chi connectivity index (χ1) is 6.22. The molecule has 0 bridgehead atoms. The van der Waals surface area contributed by atoms with Gasteiger partial charge in [0.25, 0.3) is 0 Å². The average molecular weight is 202 g/mol. The Morgan fingerprint density at radius 1 is 1.31 bits per heavy atom. The molecule has 1 aromatic carbocycles. The van der Waals surface area contributed by atoms with Gasteiger partial charge in [-0.25, -0.2) is 4.39 Å². The Bertz CT molecular complexity index is 248. The predicted molar refractivity (Wildman–Crippen MR) is 53.7 cm³/mol. The van der Waals surface area contributed by atoms with Gasteiger partial charge in [-0.1, -0.05) is 23.7 Å². The highest BCUT2D eigenvalue weighted by Crippen LogP contribution is 2.13. The number of benzene rings is 1. The SMILES string of the molecule is NCCC(F)Cc1ccc(Cl)cc1. The maximum atomic E-state index is 13.1. The molecule has 1 unspecified atom stereocenters. The molecule has 0 aliphatic heterocycles. The van der Waals surface area contributed by atoms with E-state index in [4.69, 9.17) is 17.3 Å². The van der Waals surface area contributed by atoms with Crippen molar-refractivity contribution in [3.05, 3.63) is 34.9 Å².